The Bertz CT molecular complexity index is 137. The van der Waals surface area contributed by atoms with Crippen LogP contribution in [0.3, 0.4) is 0 Å². The first-order valence-corrected chi connectivity index (χ1v) is 7.12. The Morgan fingerprint density at radius 2 is 1.69 bits per heavy atom. The van der Waals surface area contributed by atoms with Crippen LogP contribution in [0.25, 0.3) is 0 Å². The Kier molecular flexibility index (Phi) is 11.3. The first-order valence-electron chi connectivity index (χ1n) is 7.12. The third-order valence-corrected chi connectivity index (χ3v) is 3.06. The zero-order chi connectivity index (χ0) is 12.2. The summed E-state index contributed by atoms with van der Waals surface area (Å²) in [6.45, 7) is 10.5. The molecule has 0 rings (SSSR count). The van der Waals surface area contributed by atoms with Gasteiger partial charge in [0.15, 0.2) is 0 Å². The molecule has 0 saturated heterocycles. The smallest absolute Gasteiger partial charge is 0.00391 e. The lowest BCUT2D eigenvalue weighted by Crippen LogP contribution is -2.28. The molecule has 0 aliphatic rings. The maximum absolute atomic E-state index is 3.54. The van der Waals surface area contributed by atoms with Crippen LogP contribution in [0.15, 0.2) is 0 Å². The summed E-state index contributed by atoms with van der Waals surface area (Å²) in [5.41, 5.74) is 0. The molecule has 0 bridgehead atoms. The fourth-order valence-corrected chi connectivity index (χ4v) is 1.90. The molecule has 0 saturated carbocycles. The normalized spacial score (nSPS) is 13.3. The molecule has 1 atom stereocenters. The van der Waals surface area contributed by atoms with Crippen molar-refractivity contribution in [2.75, 3.05) is 26.7 Å². The molecular formula is C14H32N2. The second kappa shape index (κ2) is 11.4. The average Bonchev–Trinajstić information content (AvgIpc) is 2.26. The molecule has 0 amide bonds. The Hall–Kier alpha value is -0.0800. The molecule has 0 aliphatic heterocycles. The fraction of sp³-hybridized carbons (Fsp3) is 1.00. The van der Waals surface area contributed by atoms with E-state index in [9.17, 15) is 0 Å². The van der Waals surface area contributed by atoms with Gasteiger partial charge in [-0.15, -0.1) is 0 Å². The highest BCUT2D eigenvalue weighted by Gasteiger charge is 2.02. The molecule has 2 heteroatoms. The molecule has 16 heavy (non-hydrogen) atoms. The van der Waals surface area contributed by atoms with Crippen molar-refractivity contribution >= 4 is 0 Å². The third kappa shape index (κ3) is 10.4. The zero-order valence-electron chi connectivity index (χ0n) is 11.9. The Morgan fingerprint density at radius 1 is 1.00 bits per heavy atom. The van der Waals surface area contributed by atoms with Crippen LogP contribution in [0.2, 0.25) is 0 Å². The summed E-state index contributed by atoms with van der Waals surface area (Å²) in [6, 6.07) is 0.684. The Morgan fingerprint density at radius 3 is 2.31 bits per heavy atom. The van der Waals surface area contributed by atoms with Gasteiger partial charge in [-0.2, -0.15) is 0 Å². The van der Waals surface area contributed by atoms with E-state index in [0.29, 0.717) is 6.04 Å². The van der Waals surface area contributed by atoms with Gasteiger partial charge in [0, 0.05) is 6.04 Å². The third-order valence-electron chi connectivity index (χ3n) is 3.06. The van der Waals surface area contributed by atoms with Crippen LogP contribution in [0.4, 0.5) is 0 Å². The summed E-state index contributed by atoms with van der Waals surface area (Å²) in [4.78, 5) is 2.47. The van der Waals surface area contributed by atoms with Crippen LogP contribution in [-0.2, 0) is 0 Å². The molecule has 0 radical (unpaired) electrons. The van der Waals surface area contributed by atoms with E-state index >= 15 is 0 Å². The van der Waals surface area contributed by atoms with Gasteiger partial charge in [-0.25, -0.2) is 0 Å². The van der Waals surface area contributed by atoms with Gasteiger partial charge >= 0.3 is 0 Å². The van der Waals surface area contributed by atoms with Gasteiger partial charge in [-0.1, -0.05) is 26.7 Å². The standard InChI is InChI=1S/C14H32N2/c1-5-7-8-12-16(4)13-9-10-14(3)15-11-6-2/h14-15H,5-13H2,1-4H3. The molecule has 0 aromatic heterocycles. The molecule has 0 aliphatic carbocycles. The average molecular weight is 228 g/mol. The monoisotopic (exact) mass is 228 g/mol. The zero-order valence-corrected chi connectivity index (χ0v) is 11.9. The summed E-state index contributed by atoms with van der Waals surface area (Å²) >= 11 is 0. The van der Waals surface area contributed by atoms with Crippen molar-refractivity contribution in [1.82, 2.24) is 10.2 Å². The molecule has 0 aromatic rings. The topological polar surface area (TPSA) is 15.3 Å². The van der Waals surface area contributed by atoms with E-state index in [1.165, 1.54) is 51.6 Å². The van der Waals surface area contributed by atoms with Crippen LogP contribution >= 0.6 is 0 Å². The second-order valence-corrected chi connectivity index (χ2v) is 5.01. The largest absolute Gasteiger partial charge is 0.314 e. The van der Waals surface area contributed by atoms with Crippen molar-refractivity contribution < 1.29 is 0 Å². The minimum Gasteiger partial charge on any atom is -0.314 e. The van der Waals surface area contributed by atoms with Gasteiger partial charge in [-0.3, -0.25) is 0 Å². The minimum absolute atomic E-state index is 0.684. The van der Waals surface area contributed by atoms with Gasteiger partial charge in [-0.05, 0) is 59.3 Å². The lowest BCUT2D eigenvalue weighted by atomic mass is 10.1. The number of nitrogens with one attached hydrogen (secondary N) is 1. The number of rotatable bonds is 11. The number of hydrogen-bond donors (Lipinski definition) is 1. The summed E-state index contributed by atoms with van der Waals surface area (Å²) in [7, 11) is 2.25. The predicted octanol–water partition coefficient (Wildman–Crippen LogP) is 3.28. The van der Waals surface area contributed by atoms with Gasteiger partial charge < -0.3 is 10.2 Å². The molecule has 1 N–H and O–H groups in total. The highest BCUT2D eigenvalue weighted by molar-refractivity contribution is 4.61. The maximum atomic E-state index is 3.54. The van der Waals surface area contributed by atoms with E-state index in [1.807, 2.05) is 0 Å². The summed E-state index contributed by atoms with van der Waals surface area (Å²) in [5.74, 6) is 0. The Balaban J connectivity index is 3.28. The number of nitrogens with zero attached hydrogens (tertiary/aromatic N) is 1. The highest BCUT2D eigenvalue weighted by Crippen LogP contribution is 2.01. The molecule has 0 spiro atoms. The number of hydrogen-bond acceptors (Lipinski definition) is 2. The van der Waals surface area contributed by atoms with Crippen molar-refractivity contribution in [2.45, 2.75) is 65.3 Å². The van der Waals surface area contributed by atoms with Crippen molar-refractivity contribution in [3.63, 3.8) is 0 Å². The van der Waals surface area contributed by atoms with E-state index < -0.39 is 0 Å². The van der Waals surface area contributed by atoms with E-state index in [0.717, 1.165) is 6.54 Å². The van der Waals surface area contributed by atoms with E-state index in [4.69, 9.17) is 0 Å². The van der Waals surface area contributed by atoms with Crippen LogP contribution in [0.1, 0.15) is 59.3 Å². The first kappa shape index (κ1) is 15.9. The molecule has 2 nitrogen and oxygen atoms in total. The van der Waals surface area contributed by atoms with Crippen molar-refractivity contribution in [3.05, 3.63) is 0 Å². The second-order valence-electron chi connectivity index (χ2n) is 5.01. The molecule has 0 fully saturated rings. The molecule has 0 aromatic carbocycles. The van der Waals surface area contributed by atoms with Gasteiger partial charge in [0.05, 0.1) is 0 Å². The summed E-state index contributed by atoms with van der Waals surface area (Å²) in [6.07, 6.45) is 7.92. The Labute approximate surface area is 103 Å². The highest BCUT2D eigenvalue weighted by atomic mass is 15.1. The van der Waals surface area contributed by atoms with Crippen LogP contribution in [0.5, 0.6) is 0 Å². The summed E-state index contributed by atoms with van der Waals surface area (Å²) in [5, 5.41) is 3.54. The van der Waals surface area contributed by atoms with Gasteiger partial charge in [0.1, 0.15) is 0 Å². The predicted molar refractivity (Wildman–Crippen MR) is 74.0 cm³/mol. The minimum atomic E-state index is 0.684. The number of unbranched alkanes of at least 4 members (excludes halogenated alkanes) is 2. The lowest BCUT2D eigenvalue weighted by molar-refractivity contribution is 0.310. The lowest BCUT2D eigenvalue weighted by Gasteiger charge is -2.18. The van der Waals surface area contributed by atoms with Gasteiger partial charge in [0.2, 0.25) is 0 Å². The van der Waals surface area contributed by atoms with Crippen molar-refractivity contribution in [2.24, 2.45) is 0 Å². The van der Waals surface area contributed by atoms with Gasteiger partial charge in [0.25, 0.3) is 0 Å². The SMILES string of the molecule is CCCCCN(C)CCCC(C)NCCC. The van der Waals surface area contributed by atoms with Crippen LogP contribution < -0.4 is 5.32 Å². The summed E-state index contributed by atoms with van der Waals surface area (Å²) < 4.78 is 0. The van der Waals surface area contributed by atoms with Crippen molar-refractivity contribution in [1.29, 1.82) is 0 Å². The van der Waals surface area contributed by atoms with Crippen molar-refractivity contribution in [3.8, 4) is 0 Å². The van der Waals surface area contributed by atoms with Crippen LogP contribution in [0, 0.1) is 0 Å². The maximum Gasteiger partial charge on any atom is 0.00391 e. The first-order chi connectivity index (χ1) is 7.70. The fourth-order valence-electron chi connectivity index (χ4n) is 1.90. The van der Waals surface area contributed by atoms with E-state index in [2.05, 4.69) is 38.0 Å². The van der Waals surface area contributed by atoms with Crippen LogP contribution in [-0.4, -0.2) is 37.6 Å². The van der Waals surface area contributed by atoms with E-state index in [1.54, 1.807) is 0 Å². The quantitative estimate of drug-likeness (QED) is 0.546. The molecule has 1 unspecified atom stereocenters. The van der Waals surface area contributed by atoms with E-state index in [-0.39, 0.29) is 0 Å². The molecule has 0 heterocycles. The molecule has 98 valence electrons. The molecular weight excluding hydrogens is 196 g/mol.